The zero-order chi connectivity index (χ0) is 33.7. The van der Waals surface area contributed by atoms with Crippen molar-refractivity contribution < 1.29 is 0 Å². The monoisotopic (exact) mass is 667 g/mol. The van der Waals surface area contributed by atoms with Crippen molar-refractivity contribution >= 4 is 53.1 Å². The van der Waals surface area contributed by atoms with Crippen LogP contribution in [0.15, 0.2) is 176 Å². The number of nitrogens with zero attached hydrogens (tertiary/aromatic N) is 3. The van der Waals surface area contributed by atoms with Crippen LogP contribution in [0.5, 0.6) is 0 Å². The summed E-state index contributed by atoms with van der Waals surface area (Å²) in [7, 11) is 0. The van der Waals surface area contributed by atoms with E-state index >= 15 is 0 Å². The molecule has 8 aromatic carbocycles. The Bertz CT molecular complexity index is 2930. The smallest absolute Gasteiger partial charge is 0.165 e. The number of hydrogen-bond donors (Lipinski definition) is 0. The summed E-state index contributed by atoms with van der Waals surface area (Å²) >= 11 is 1.79. The highest BCUT2D eigenvalue weighted by Crippen LogP contribution is 2.42. The molecule has 0 spiro atoms. The van der Waals surface area contributed by atoms with Gasteiger partial charge < -0.3 is 0 Å². The molecule has 3 nitrogen and oxygen atoms in total. The van der Waals surface area contributed by atoms with Crippen LogP contribution in [0.2, 0.25) is 0 Å². The molecule has 10 aromatic rings. The molecule has 51 heavy (non-hydrogen) atoms. The first-order valence-electron chi connectivity index (χ1n) is 17.1. The van der Waals surface area contributed by atoms with Crippen molar-refractivity contribution in [3.63, 3.8) is 0 Å². The van der Waals surface area contributed by atoms with Crippen LogP contribution in [-0.2, 0) is 0 Å². The number of thiophene rings is 1. The Morgan fingerprint density at radius 1 is 0.333 bits per heavy atom. The van der Waals surface area contributed by atoms with Gasteiger partial charge in [0.05, 0.1) is 0 Å². The lowest BCUT2D eigenvalue weighted by Gasteiger charge is -2.15. The molecule has 0 aliphatic carbocycles. The van der Waals surface area contributed by atoms with E-state index in [-0.39, 0.29) is 0 Å². The zero-order valence-electron chi connectivity index (χ0n) is 27.5. The fourth-order valence-electron chi connectivity index (χ4n) is 7.24. The third-order valence-corrected chi connectivity index (χ3v) is 10.9. The van der Waals surface area contributed by atoms with E-state index in [1.165, 1.54) is 30.9 Å². The molecule has 0 saturated carbocycles. The molecule has 4 heteroatoms. The van der Waals surface area contributed by atoms with Gasteiger partial charge in [-0.3, -0.25) is 0 Å². The van der Waals surface area contributed by atoms with Gasteiger partial charge in [-0.25, -0.2) is 15.0 Å². The van der Waals surface area contributed by atoms with Crippen molar-refractivity contribution in [2.75, 3.05) is 0 Å². The van der Waals surface area contributed by atoms with Crippen LogP contribution in [0.3, 0.4) is 0 Å². The molecule has 0 saturated heterocycles. The SMILES string of the molecule is c1ccc(-c2ccc3ccccc3c2-c2nc(-c3cccc(-c4ccc5ccccc5c4)c3)nc(-c3cccc4c3sc3ccccc34)n2)cc1. The minimum Gasteiger partial charge on any atom is -0.208 e. The van der Waals surface area contributed by atoms with Crippen LogP contribution in [0, 0.1) is 0 Å². The van der Waals surface area contributed by atoms with E-state index < -0.39 is 0 Å². The third kappa shape index (κ3) is 5.16. The first kappa shape index (κ1) is 29.4. The van der Waals surface area contributed by atoms with E-state index in [0.717, 1.165) is 49.7 Å². The summed E-state index contributed by atoms with van der Waals surface area (Å²) in [6, 6.07) is 62.2. The minimum atomic E-state index is 0.641. The summed E-state index contributed by atoms with van der Waals surface area (Å²) in [4.78, 5) is 16.0. The van der Waals surface area contributed by atoms with Gasteiger partial charge in [0.1, 0.15) is 0 Å². The highest BCUT2D eigenvalue weighted by molar-refractivity contribution is 7.26. The molecular weight excluding hydrogens is 639 g/mol. The van der Waals surface area contributed by atoms with Crippen molar-refractivity contribution in [2.45, 2.75) is 0 Å². The van der Waals surface area contributed by atoms with Crippen molar-refractivity contribution in [3.8, 4) is 56.4 Å². The second-order valence-corrected chi connectivity index (χ2v) is 13.9. The number of fused-ring (bicyclic) bond motifs is 5. The predicted octanol–water partition coefficient (Wildman–Crippen LogP) is 12.9. The van der Waals surface area contributed by atoms with E-state index in [4.69, 9.17) is 15.0 Å². The average Bonchev–Trinajstić information content (AvgIpc) is 3.59. The highest BCUT2D eigenvalue weighted by Gasteiger charge is 2.20. The lowest BCUT2D eigenvalue weighted by molar-refractivity contribution is 1.08. The minimum absolute atomic E-state index is 0.641. The zero-order valence-corrected chi connectivity index (χ0v) is 28.3. The molecule has 0 N–H and O–H groups in total. The summed E-state index contributed by atoms with van der Waals surface area (Å²) < 4.78 is 2.42. The van der Waals surface area contributed by atoms with E-state index in [9.17, 15) is 0 Å². The molecule has 2 heterocycles. The largest absolute Gasteiger partial charge is 0.208 e. The summed E-state index contributed by atoms with van der Waals surface area (Å²) in [6.45, 7) is 0. The summed E-state index contributed by atoms with van der Waals surface area (Å²) in [5, 5.41) is 7.14. The Hall–Kier alpha value is -6.49. The van der Waals surface area contributed by atoms with Gasteiger partial charge in [0, 0.05) is 36.9 Å². The number of aromatic nitrogens is 3. The quantitative estimate of drug-likeness (QED) is 0.183. The van der Waals surface area contributed by atoms with E-state index in [1.54, 1.807) is 11.3 Å². The normalized spacial score (nSPS) is 11.5. The summed E-state index contributed by atoms with van der Waals surface area (Å²) in [5.74, 6) is 1.96. The first-order chi connectivity index (χ1) is 25.3. The number of hydrogen-bond acceptors (Lipinski definition) is 4. The molecular formula is C47H29N3S. The second kappa shape index (κ2) is 12.1. The lowest BCUT2D eigenvalue weighted by atomic mass is 9.93. The maximum Gasteiger partial charge on any atom is 0.165 e. The van der Waals surface area contributed by atoms with E-state index in [0.29, 0.717) is 17.5 Å². The van der Waals surface area contributed by atoms with Gasteiger partial charge in [0.15, 0.2) is 17.5 Å². The Morgan fingerprint density at radius 3 is 1.86 bits per heavy atom. The molecule has 0 bridgehead atoms. The molecule has 0 unspecified atom stereocenters. The van der Waals surface area contributed by atoms with Gasteiger partial charge in [-0.15, -0.1) is 11.3 Å². The van der Waals surface area contributed by atoms with Gasteiger partial charge in [0.2, 0.25) is 0 Å². The fourth-order valence-corrected chi connectivity index (χ4v) is 8.45. The summed E-state index contributed by atoms with van der Waals surface area (Å²) in [6.07, 6.45) is 0. The van der Waals surface area contributed by atoms with E-state index in [1.807, 2.05) is 0 Å². The first-order valence-corrected chi connectivity index (χ1v) is 17.9. The maximum atomic E-state index is 5.36. The molecule has 0 atom stereocenters. The van der Waals surface area contributed by atoms with Crippen molar-refractivity contribution in [1.82, 2.24) is 15.0 Å². The van der Waals surface area contributed by atoms with Crippen LogP contribution in [0.25, 0.3) is 98.1 Å². The molecule has 2 aromatic heterocycles. The Morgan fingerprint density at radius 2 is 0.961 bits per heavy atom. The highest BCUT2D eigenvalue weighted by atomic mass is 32.1. The number of benzene rings is 8. The van der Waals surface area contributed by atoms with Crippen LogP contribution in [-0.4, -0.2) is 15.0 Å². The fraction of sp³-hybridized carbons (Fsp3) is 0. The van der Waals surface area contributed by atoms with Gasteiger partial charge in [-0.2, -0.15) is 0 Å². The summed E-state index contributed by atoms with van der Waals surface area (Å²) in [5.41, 5.74) is 7.41. The average molecular weight is 668 g/mol. The van der Waals surface area contributed by atoms with Gasteiger partial charge in [0.25, 0.3) is 0 Å². The van der Waals surface area contributed by atoms with Gasteiger partial charge in [-0.05, 0) is 68.1 Å². The van der Waals surface area contributed by atoms with Crippen LogP contribution in [0.4, 0.5) is 0 Å². The Kier molecular flexibility index (Phi) is 7.00. The molecule has 0 aliphatic heterocycles. The van der Waals surface area contributed by atoms with Crippen LogP contribution in [0.1, 0.15) is 0 Å². The molecule has 238 valence electrons. The van der Waals surface area contributed by atoms with Gasteiger partial charge >= 0.3 is 0 Å². The molecule has 0 amide bonds. The standard InChI is InChI=1S/C47H29N3S/c1-2-13-31(14-3-1)38-27-26-32-15-6-7-19-37(32)43(38)47-49-45(36-18-10-17-34(29-36)35-25-24-30-12-4-5-16-33(30)28-35)48-46(50-47)41-22-11-21-40-39-20-8-9-23-42(39)51-44(40)41/h1-29H. The van der Waals surface area contributed by atoms with Gasteiger partial charge in [-0.1, -0.05) is 152 Å². The predicted molar refractivity (Wildman–Crippen MR) is 215 cm³/mol. The lowest BCUT2D eigenvalue weighted by Crippen LogP contribution is -2.02. The molecule has 10 rings (SSSR count). The molecule has 0 aliphatic rings. The molecule has 0 fully saturated rings. The van der Waals surface area contributed by atoms with E-state index in [2.05, 4.69) is 176 Å². The molecule has 0 radical (unpaired) electrons. The third-order valence-electron chi connectivity index (χ3n) is 9.72. The second-order valence-electron chi connectivity index (χ2n) is 12.8. The Labute approximate surface area is 299 Å². The van der Waals surface area contributed by atoms with Crippen molar-refractivity contribution in [1.29, 1.82) is 0 Å². The topological polar surface area (TPSA) is 38.7 Å². The maximum absolute atomic E-state index is 5.36. The number of rotatable bonds is 5. The van der Waals surface area contributed by atoms with Crippen LogP contribution >= 0.6 is 11.3 Å². The van der Waals surface area contributed by atoms with Crippen molar-refractivity contribution in [2.24, 2.45) is 0 Å². The van der Waals surface area contributed by atoms with Crippen molar-refractivity contribution in [3.05, 3.63) is 176 Å². The Balaban J connectivity index is 1.24. The van der Waals surface area contributed by atoms with Crippen LogP contribution < -0.4 is 0 Å².